The first-order chi connectivity index (χ1) is 13.5. The number of aromatic nitrogens is 1. The lowest BCUT2D eigenvalue weighted by atomic mass is 10.1. The van der Waals surface area contributed by atoms with E-state index in [9.17, 15) is 14.4 Å². The first kappa shape index (κ1) is 18.6. The molecule has 2 aliphatic rings. The van der Waals surface area contributed by atoms with Crippen molar-refractivity contribution in [2.45, 2.75) is 31.3 Å². The Hall–Kier alpha value is -2.72. The number of carbonyl (C=O) groups excluding carboxylic acids is 1. The van der Waals surface area contributed by atoms with Gasteiger partial charge in [0, 0.05) is 38.1 Å². The number of amides is 1. The maximum Gasteiger partial charge on any atom is 0.237 e. The van der Waals surface area contributed by atoms with Gasteiger partial charge in [-0.3, -0.25) is 14.7 Å². The summed E-state index contributed by atoms with van der Waals surface area (Å²) < 4.78 is 13.5. The highest BCUT2D eigenvalue weighted by molar-refractivity contribution is 5.82. The summed E-state index contributed by atoms with van der Waals surface area (Å²) in [7, 11) is 2.02. The van der Waals surface area contributed by atoms with E-state index >= 15 is 0 Å². The standard InChI is InChI=1S/C21H24FN5O/c1-25(19-10-15-9-16(22)4-5-20(15)24-12-19)18-6-8-26(13-18)14-21(28)27-7-2-3-17(27)11-23/h4-5,9-10,12,17-18H,2-3,6-8,13-14H2,1H3. The summed E-state index contributed by atoms with van der Waals surface area (Å²) in [6.07, 6.45) is 4.45. The molecule has 28 heavy (non-hydrogen) atoms. The quantitative estimate of drug-likeness (QED) is 0.814. The number of nitrogens with zero attached hydrogens (tertiary/aromatic N) is 5. The fourth-order valence-electron chi connectivity index (χ4n) is 4.25. The number of fused-ring (bicyclic) bond motifs is 1. The summed E-state index contributed by atoms with van der Waals surface area (Å²) in [5, 5.41) is 9.97. The molecule has 3 heterocycles. The van der Waals surface area contributed by atoms with Crippen molar-refractivity contribution < 1.29 is 9.18 Å². The van der Waals surface area contributed by atoms with Crippen LogP contribution in [0.4, 0.5) is 10.1 Å². The maximum atomic E-state index is 13.5. The Kier molecular flexibility index (Phi) is 5.14. The number of hydrogen-bond acceptors (Lipinski definition) is 5. The summed E-state index contributed by atoms with van der Waals surface area (Å²) >= 11 is 0. The fourth-order valence-corrected chi connectivity index (χ4v) is 4.25. The molecule has 1 aromatic carbocycles. The lowest BCUT2D eigenvalue weighted by Crippen LogP contribution is -2.42. The second-order valence-corrected chi connectivity index (χ2v) is 7.69. The van der Waals surface area contributed by atoms with Gasteiger partial charge in [-0.1, -0.05) is 0 Å². The highest BCUT2D eigenvalue weighted by atomic mass is 19.1. The number of hydrogen-bond donors (Lipinski definition) is 0. The Morgan fingerprint density at radius 1 is 1.36 bits per heavy atom. The maximum absolute atomic E-state index is 13.5. The Morgan fingerprint density at radius 2 is 2.21 bits per heavy atom. The van der Waals surface area contributed by atoms with Crippen molar-refractivity contribution in [1.29, 1.82) is 5.26 Å². The van der Waals surface area contributed by atoms with Gasteiger partial charge in [-0.05, 0) is 43.5 Å². The van der Waals surface area contributed by atoms with E-state index in [2.05, 4.69) is 20.9 Å². The second-order valence-electron chi connectivity index (χ2n) is 7.69. The molecule has 7 heteroatoms. The van der Waals surface area contributed by atoms with Crippen molar-refractivity contribution in [1.82, 2.24) is 14.8 Å². The smallest absolute Gasteiger partial charge is 0.237 e. The van der Waals surface area contributed by atoms with E-state index in [1.807, 2.05) is 19.3 Å². The minimum Gasteiger partial charge on any atom is -0.369 e. The minimum atomic E-state index is -0.266. The van der Waals surface area contributed by atoms with Crippen molar-refractivity contribution in [3.05, 3.63) is 36.3 Å². The number of halogens is 1. The Balaban J connectivity index is 1.40. The molecule has 0 saturated carbocycles. The average molecular weight is 381 g/mol. The molecule has 146 valence electrons. The normalized spacial score (nSPS) is 22.5. The predicted molar refractivity (Wildman–Crippen MR) is 105 cm³/mol. The molecule has 1 aromatic heterocycles. The summed E-state index contributed by atoms with van der Waals surface area (Å²) in [5.74, 6) is -0.215. The SMILES string of the molecule is CN(c1cnc2ccc(F)cc2c1)C1CCN(CC(=O)N2CCCC2C#N)C1. The van der Waals surface area contributed by atoms with E-state index in [1.165, 1.54) is 12.1 Å². The lowest BCUT2D eigenvalue weighted by Gasteiger charge is -2.27. The number of likely N-dealkylation sites (N-methyl/N-ethyl adjacent to an activating group) is 1. The average Bonchev–Trinajstić information content (AvgIpc) is 3.36. The van der Waals surface area contributed by atoms with Crippen molar-refractivity contribution in [3.63, 3.8) is 0 Å². The van der Waals surface area contributed by atoms with Crippen LogP contribution in [-0.4, -0.2) is 66.0 Å². The van der Waals surface area contributed by atoms with Gasteiger partial charge in [0.1, 0.15) is 11.9 Å². The monoisotopic (exact) mass is 381 g/mol. The molecule has 0 spiro atoms. The molecule has 2 fully saturated rings. The molecule has 6 nitrogen and oxygen atoms in total. The summed E-state index contributed by atoms with van der Waals surface area (Å²) in [6, 6.07) is 8.80. The molecule has 2 aliphatic heterocycles. The van der Waals surface area contributed by atoms with Crippen LogP contribution < -0.4 is 4.90 Å². The van der Waals surface area contributed by atoms with Crippen LogP contribution in [0.3, 0.4) is 0 Å². The van der Waals surface area contributed by atoms with Gasteiger partial charge in [0.05, 0.1) is 30.0 Å². The fraction of sp³-hybridized carbons (Fsp3) is 0.476. The topological polar surface area (TPSA) is 63.5 Å². The van der Waals surface area contributed by atoms with Gasteiger partial charge in [0.25, 0.3) is 0 Å². The van der Waals surface area contributed by atoms with Crippen LogP contribution in [0, 0.1) is 17.1 Å². The lowest BCUT2D eigenvalue weighted by molar-refractivity contribution is -0.132. The van der Waals surface area contributed by atoms with Crippen LogP contribution in [0.1, 0.15) is 19.3 Å². The van der Waals surface area contributed by atoms with Gasteiger partial charge in [-0.15, -0.1) is 0 Å². The van der Waals surface area contributed by atoms with E-state index < -0.39 is 0 Å². The van der Waals surface area contributed by atoms with E-state index in [-0.39, 0.29) is 23.8 Å². The van der Waals surface area contributed by atoms with Crippen molar-refractivity contribution >= 4 is 22.5 Å². The largest absolute Gasteiger partial charge is 0.369 e. The van der Waals surface area contributed by atoms with Crippen LogP contribution in [0.2, 0.25) is 0 Å². The molecule has 1 amide bonds. The third-order valence-corrected chi connectivity index (χ3v) is 5.91. The van der Waals surface area contributed by atoms with Gasteiger partial charge >= 0.3 is 0 Å². The van der Waals surface area contributed by atoms with Gasteiger partial charge < -0.3 is 9.80 Å². The molecule has 0 N–H and O–H groups in total. The van der Waals surface area contributed by atoms with E-state index in [4.69, 9.17) is 0 Å². The van der Waals surface area contributed by atoms with E-state index in [0.29, 0.717) is 13.1 Å². The summed E-state index contributed by atoms with van der Waals surface area (Å²) in [5.41, 5.74) is 1.72. The van der Waals surface area contributed by atoms with Gasteiger partial charge in [0.15, 0.2) is 0 Å². The number of carbonyl (C=O) groups is 1. The van der Waals surface area contributed by atoms with Crippen molar-refractivity contribution in [3.8, 4) is 6.07 Å². The highest BCUT2D eigenvalue weighted by Crippen LogP contribution is 2.25. The highest BCUT2D eigenvalue weighted by Gasteiger charge is 2.32. The molecule has 2 saturated heterocycles. The zero-order valence-electron chi connectivity index (χ0n) is 16.0. The van der Waals surface area contributed by atoms with Crippen LogP contribution >= 0.6 is 0 Å². The Labute approximate surface area is 164 Å². The number of nitriles is 1. The molecule has 2 atom stereocenters. The third-order valence-electron chi connectivity index (χ3n) is 5.91. The first-order valence-corrected chi connectivity index (χ1v) is 9.75. The second kappa shape index (κ2) is 7.72. The number of rotatable bonds is 4. The molecule has 2 unspecified atom stereocenters. The number of benzene rings is 1. The van der Waals surface area contributed by atoms with E-state index in [0.717, 1.165) is 48.9 Å². The van der Waals surface area contributed by atoms with E-state index in [1.54, 1.807) is 11.0 Å². The van der Waals surface area contributed by atoms with Crippen LogP contribution in [0.15, 0.2) is 30.5 Å². The Morgan fingerprint density at radius 3 is 3.04 bits per heavy atom. The zero-order chi connectivity index (χ0) is 19.7. The summed E-state index contributed by atoms with van der Waals surface area (Å²) in [6.45, 7) is 2.69. The van der Waals surface area contributed by atoms with Gasteiger partial charge in [-0.25, -0.2) is 4.39 Å². The Bertz CT molecular complexity index is 927. The number of likely N-dealkylation sites (tertiary alicyclic amines) is 2. The first-order valence-electron chi connectivity index (χ1n) is 9.75. The summed E-state index contributed by atoms with van der Waals surface area (Å²) in [4.78, 5) is 23.0. The number of pyridine rings is 1. The van der Waals surface area contributed by atoms with Crippen molar-refractivity contribution in [2.75, 3.05) is 38.1 Å². The van der Waals surface area contributed by atoms with Gasteiger partial charge in [-0.2, -0.15) is 5.26 Å². The van der Waals surface area contributed by atoms with Crippen LogP contribution in [0.5, 0.6) is 0 Å². The predicted octanol–water partition coefficient (Wildman–Crippen LogP) is 2.40. The van der Waals surface area contributed by atoms with Gasteiger partial charge in [0.2, 0.25) is 5.91 Å². The molecule has 0 bridgehead atoms. The van der Waals surface area contributed by atoms with Crippen LogP contribution in [-0.2, 0) is 4.79 Å². The molecule has 0 aliphatic carbocycles. The molecule has 2 aromatic rings. The molecular formula is C21H24FN5O. The minimum absolute atomic E-state index is 0.0511. The molecule has 0 radical (unpaired) electrons. The zero-order valence-corrected chi connectivity index (χ0v) is 16.0. The van der Waals surface area contributed by atoms with Crippen LogP contribution in [0.25, 0.3) is 10.9 Å². The molecule has 4 rings (SSSR count). The van der Waals surface area contributed by atoms with Crippen molar-refractivity contribution in [2.24, 2.45) is 0 Å². The third kappa shape index (κ3) is 3.65. The molecular weight excluding hydrogens is 357 g/mol. The number of anilines is 1.